The van der Waals surface area contributed by atoms with Gasteiger partial charge in [0.05, 0.1) is 24.3 Å². The number of nitrogens with one attached hydrogen (secondary N) is 2. The number of ether oxygens (including phenoxy) is 2. The van der Waals surface area contributed by atoms with E-state index in [9.17, 15) is 9.59 Å². The molecular formula is C32H30N2O4S4. The fourth-order valence-corrected chi connectivity index (χ4v) is 15.2. The molecule has 2 N–H and O–H groups in total. The summed E-state index contributed by atoms with van der Waals surface area (Å²) in [5.41, 5.74) is 2.59. The van der Waals surface area contributed by atoms with Crippen LogP contribution in [0.15, 0.2) is 68.2 Å². The first-order valence-corrected chi connectivity index (χ1v) is 18.0. The van der Waals surface area contributed by atoms with E-state index in [4.69, 9.17) is 9.47 Å². The molecule has 2 aliphatic heterocycles. The monoisotopic (exact) mass is 634 g/mol. The highest BCUT2D eigenvalue weighted by Crippen LogP contribution is 2.74. The van der Waals surface area contributed by atoms with Gasteiger partial charge in [-0.15, -0.1) is 23.5 Å². The highest BCUT2D eigenvalue weighted by molar-refractivity contribution is 8.00. The van der Waals surface area contributed by atoms with Crippen LogP contribution in [0.1, 0.15) is 45.6 Å². The van der Waals surface area contributed by atoms with Crippen LogP contribution in [0, 0.1) is 35.5 Å². The number of rotatable bonds is 4. The molecule has 216 valence electrons. The van der Waals surface area contributed by atoms with Gasteiger partial charge in [0.1, 0.15) is 11.5 Å². The van der Waals surface area contributed by atoms with Crippen LogP contribution < -0.4 is 19.2 Å². The molecular weight excluding hydrogens is 605 g/mol. The quantitative estimate of drug-likeness (QED) is 0.262. The van der Waals surface area contributed by atoms with E-state index in [1.165, 1.54) is 56.4 Å². The zero-order valence-electron chi connectivity index (χ0n) is 23.1. The minimum atomic E-state index is 0.0506. The van der Waals surface area contributed by atoms with Crippen LogP contribution in [0.3, 0.4) is 0 Å². The van der Waals surface area contributed by atoms with Gasteiger partial charge < -0.3 is 19.4 Å². The van der Waals surface area contributed by atoms with Gasteiger partial charge >= 0.3 is 9.75 Å². The maximum Gasteiger partial charge on any atom is 0.305 e. The first-order chi connectivity index (χ1) is 20.5. The highest BCUT2D eigenvalue weighted by Gasteiger charge is 2.68. The van der Waals surface area contributed by atoms with Crippen molar-refractivity contribution in [2.45, 2.75) is 45.2 Å². The number of hydrogen-bond acceptors (Lipinski definition) is 8. The molecule has 6 nitrogen and oxygen atoms in total. The van der Waals surface area contributed by atoms with Crippen molar-refractivity contribution in [2.75, 3.05) is 14.2 Å². The van der Waals surface area contributed by atoms with Crippen LogP contribution in [-0.4, -0.2) is 34.7 Å². The van der Waals surface area contributed by atoms with Gasteiger partial charge in [0.2, 0.25) is 0 Å². The van der Waals surface area contributed by atoms with Crippen molar-refractivity contribution in [1.29, 1.82) is 0 Å². The Labute approximate surface area is 259 Å². The van der Waals surface area contributed by atoms with Crippen LogP contribution in [-0.2, 0) is 0 Å². The molecule has 2 bridgehead atoms. The Hall–Kier alpha value is -2.40. The van der Waals surface area contributed by atoms with Crippen LogP contribution in [0.5, 0.6) is 11.5 Å². The molecule has 0 unspecified atom stereocenters. The van der Waals surface area contributed by atoms with E-state index in [0.29, 0.717) is 46.0 Å². The van der Waals surface area contributed by atoms with Gasteiger partial charge in [0, 0.05) is 32.1 Å². The van der Waals surface area contributed by atoms with Crippen molar-refractivity contribution < 1.29 is 9.47 Å². The van der Waals surface area contributed by atoms with Gasteiger partial charge in [-0.2, -0.15) is 0 Å². The SMILES string of the molecule is COc1ccc([C@H]2c3sc(=O)[nH]c3S[C@H]3C[C@H]4[C@@H]5C[C@H]([C@H]6Sc7[nH]c(=O)sc7[C@@H](c7ccc(OC)cc7)[C@@H]56)[C@H]4[C@@H]23)cc1. The molecule has 3 saturated carbocycles. The van der Waals surface area contributed by atoms with Crippen molar-refractivity contribution in [1.82, 2.24) is 9.97 Å². The van der Waals surface area contributed by atoms with Gasteiger partial charge in [-0.3, -0.25) is 9.59 Å². The van der Waals surface area contributed by atoms with Crippen molar-refractivity contribution in [3.63, 3.8) is 0 Å². The van der Waals surface area contributed by atoms with Crippen molar-refractivity contribution >= 4 is 46.2 Å². The summed E-state index contributed by atoms with van der Waals surface area (Å²) in [6, 6.07) is 17.1. The van der Waals surface area contributed by atoms with E-state index < -0.39 is 0 Å². The van der Waals surface area contributed by atoms with E-state index in [1.54, 1.807) is 14.2 Å². The van der Waals surface area contributed by atoms with Crippen molar-refractivity contribution in [3.8, 4) is 11.5 Å². The predicted octanol–water partition coefficient (Wildman–Crippen LogP) is 6.63. The lowest BCUT2D eigenvalue weighted by atomic mass is 9.65. The highest BCUT2D eigenvalue weighted by atomic mass is 32.2. The van der Waals surface area contributed by atoms with E-state index in [1.807, 2.05) is 23.5 Å². The number of methoxy groups -OCH3 is 2. The van der Waals surface area contributed by atoms with Gasteiger partial charge in [0.25, 0.3) is 0 Å². The second kappa shape index (κ2) is 9.55. The zero-order chi connectivity index (χ0) is 28.3. The lowest BCUT2D eigenvalue weighted by Gasteiger charge is -2.46. The first-order valence-electron chi connectivity index (χ1n) is 14.6. The molecule has 9 rings (SSSR count). The number of aromatic nitrogens is 2. The van der Waals surface area contributed by atoms with E-state index in [2.05, 4.69) is 58.5 Å². The number of thiazole rings is 2. The van der Waals surface area contributed by atoms with E-state index in [-0.39, 0.29) is 21.6 Å². The molecule has 3 aliphatic carbocycles. The van der Waals surface area contributed by atoms with Crippen LogP contribution in [0.4, 0.5) is 0 Å². The molecule has 0 spiro atoms. The number of aromatic amines is 2. The molecule has 5 aliphatic rings. The Morgan fingerprint density at radius 1 is 0.643 bits per heavy atom. The minimum absolute atomic E-state index is 0.0506. The fraction of sp³-hybridized carbons (Fsp3) is 0.438. The predicted molar refractivity (Wildman–Crippen MR) is 169 cm³/mol. The summed E-state index contributed by atoms with van der Waals surface area (Å²) >= 11 is 6.70. The summed E-state index contributed by atoms with van der Waals surface area (Å²) in [7, 11) is 3.42. The molecule has 2 aromatic carbocycles. The largest absolute Gasteiger partial charge is 0.497 e. The summed E-state index contributed by atoms with van der Waals surface area (Å²) in [6.45, 7) is 0. The summed E-state index contributed by atoms with van der Waals surface area (Å²) in [5, 5.41) is 3.14. The Morgan fingerprint density at radius 3 is 1.74 bits per heavy atom. The van der Waals surface area contributed by atoms with Gasteiger partial charge in [-0.25, -0.2) is 0 Å². The minimum Gasteiger partial charge on any atom is -0.497 e. The molecule has 4 heterocycles. The van der Waals surface area contributed by atoms with Crippen molar-refractivity contribution in [3.05, 3.63) is 88.7 Å². The molecule has 4 aromatic rings. The molecule has 10 heteroatoms. The molecule has 42 heavy (non-hydrogen) atoms. The third kappa shape index (κ3) is 3.64. The van der Waals surface area contributed by atoms with Gasteiger partial charge in [0.15, 0.2) is 0 Å². The molecule has 10 atom stereocenters. The summed E-state index contributed by atoms with van der Waals surface area (Å²) in [5.74, 6) is 5.70. The molecule has 3 fully saturated rings. The van der Waals surface area contributed by atoms with Crippen LogP contribution in [0.25, 0.3) is 0 Å². The Morgan fingerprint density at radius 2 is 1.17 bits per heavy atom. The lowest BCUT2D eigenvalue weighted by Crippen LogP contribution is -2.42. The van der Waals surface area contributed by atoms with Crippen LogP contribution in [0.2, 0.25) is 0 Å². The van der Waals surface area contributed by atoms with Crippen LogP contribution >= 0.6 is 46.2 Å². The molecule has 0 saturated heterocycles. The number of H-pyrrole nitrogens is 2. The third-order valence-electron chi connectivity index (χ3n) is 10.8. The Kier molecular flexibility index (Phi) is 5.92. The average molecular weight is 635 g/mol. The number of thioether (sulfide) groups is 2. The smallest absolute Gasteiger partial charge is 0.305 e. The summed E-state index contributed by atoms with van der Waals surface area (Å²) < 4.78 is 11.0. The van der Waals surface area contributed by atoms with Crippen molar-refractivity contribution in [2.24, 2.45) is 35.5 Å². The molecule has 0 amide bonds. The standard InChI is InChI=1S/C32H30N2O4S4/c1-37-15-7-3-13(4-8-15)21-24-17-11-19(26(24)40-30-27(21)41-32(36)34-30)23-18(17)12-20-25(23)22(14-5-9-16(38-2)10-6-14)28-29(39-20)33-31(35)42-28/h3-10,17-26H,11-12H2,1-2H3,(H,33,35)(H,34,36)/t17-,18-,19-,20-,21-,22+,23-,24+,25+,26+/m0/s1. The lowest BCUT2D eigenvalue weighted by molar-refractivity contribution is 0.148. The topological polar surface area (TPSA) is 84.2 Å². The Balaban J connectivity index is 1.14. The number of hydrogen-bond donors (Lipinski definition) is 2. The zero-order valence-corrected chi connectivity index (χ0v) is 26.3. The second-order valence-electron chi connectivity index (χ2n) is 12.4. The number of fused-ring (bicyclic) bond motifs is 12. The normalized spacial score (nSPS) is 35.2. The average Bonchev–Trinajstić information content (AvgIpc) is 3.81. The molecule has 2 aromatic heterocycles. The maximum absolute atomic E-state index is 12.7. The first kappa shape index (κ1) is 26.0. The van der Waals surface area contributed by atoms with Gasteiger partial charge in [-0.05, 0) is 83.7 Å². The third-order valence-corrected chi connectivity index (χ3v) is 15.9. The second-order valence-corrected chi connectivity index (χ2v) is 16.8. The van der Waals surface area contributed by atoms with Gasteiger partial charge in [-0.1, -0.05) is 46.9 Å². The summed E-state index contributed by atoms with van der Waals surface area (Å²) in [4.78, 5) is 34.2. The van der Waals surface area contributed by atoms with E-state index >= 15 is 0 Å². The number of benzene rings is 2. The Bertz CT molecular complexity index is 1790. The molecule has 0 radical (unpaired) electrons. The summed E-state index contributed by atoms with van der Waals surface area (Å²) in [6.07, 6.45) is 2.47. The van der Waals surface area contributed by atoms with E-state index in [0.717, 1.165) is 21.6 Å². The fourth-order valence-electron chi connectivity index (χ4n) is 9.56. The maximum atomic E-state index is 12.7.